The number of thioether (sulfide) groups is 1. The highest BCUT2D eigenvalue weighted by atomic mass is 35.5. The molecule has 1 nitrogen and oxygen atoms in total. The average Bonchev–Trinajstić information content (AvgIpc) is 2.04. The Bertz CT molecular complexity index is 99.5. The Kier molecular flexibility index (Phi) is 4.65. The number of hydrogen-bond donors (Lipinski definition) is 0. The van der Waals surface area contributed by atoms with Gasteiger partial charge in [-0.3, -0.25) is 0 Å². The molecule has 0 aromatic heterocycles. The van der Waals surface area contributed by atoms with Crippen LogP contribution >= 0.6 is 23.5 Å². The zero-order chi connectivity index (χ0) is 8.10. The van der Waals surface area contributed by atoms with Crippen LogP contribution in [0.25, 0.3) is 0 Å². The van der Waals surface area contributed by atoms with Gasteiger partial charge in [0.25, 0.3) is 0 Å². The number of halogens is 1. The second kappa shape index (κ2) is 5.28. The largest absolute Gasteiger partial charge is 0.220 e. The molecule has 0 aromatic carbocycles. The van der Waals surface area contributed by atoms with Crippen molar-refractivity contribution in [2.45, 2.75) is 31.4 Å². The minimum Gasteiger partial charge on any atom is -0.220 e. The molecule has 3 heteroatoms. The molecular formula is C8H16ClNS. The fourth-order valence-electron chi connectivity index (χ4n) is 1.28. The Morgan fingerprint density at radius 3 is 2.64 bits per heavy atom. The molecule has 1 heterocycles. The molecule has 0 N–H and O–H groups in total. The topological polar surface area (TPSA) is 3.24 Å². The molecule has 66 valence electrons. The van der Waals surface area contributed by atoms with Gasteiger partial charge >= 0.3 is 0 Å². The Morgan fingerprint density at radius 2 is 2.09 bits per heavy atom. The molecule has 0 radical (unpaired) electrons. The number of piperidine rings is 1. The van der Waals surface area contributed by atoms with E-state index in [1.54, 1.807) is 0 Å². The highest BCUT2D eigenvalue weighted by Crippen LogP contribution is 2.24. The fraction of sp³-hybridized carbons (Fsp3) is 1.00. The SMILES string of the molecule is CCCSC1CCN(Cl)CC1. The van der Waals surface area contributed by atoms with Crippen molar-refractivity contribution in [2.75, 3.05) is 18.8 Å². The molecule has 0 bridgehead atoms. The molecule has 0 amide bonds. The van der Waals surface area contributed by atoms with E-state index in [2.05, 4.69) is 18.7 Å². The summed E-state index contributed by atoms with van der Waals surface area (Å²) in [5.74, 6) is 1.31. The van der Waals surface area contributed by atoms with Gasteiger partial charge in [-0.05, 0) is 36.8 Å². The van der Waals surface area contributed by atoms with Gasteiger partial charge in [-0.25, -0.2) is 4.42 Å². The summed E-state index contributed by atoms with van der Waals surface area (Å²) in [5, 5.41) is 0.880. The Labute approximate surface area is 78.6 Å². The molecule has 0 saturated carbocycles. The van der Waals surface area contributed by atoms with Crippen LogP contribution in [0.5, 0.6) is 0 Å². The monoisotopic (exact) mass is 193 g/mol. The molecule has 0 aliphatic carbocycles. The van der Waals surface area contributed by atoms with E-state index < -0.39 is 0 Å². The Balaban J connectivity index is 2.07. The van der Waals surface area contributed by atoms with Crippen molar-refractivity contribution >= 4 is 23.5 Å². The van der Waals surface area contributed by atoms with E-state index >= 15 is 0 Å². The summed E-state index contributed by atoms with van der Waals surface area (Å²) in [5.41, 5.74) is 0. The van der Waals surface area contributed by atoms with Gasteiger partial charge in [0.05, 0.1) is 0 Å². The first-order chi connectivity index (χ1) is 5.33. The Hall–Kier alpha value is 0.600. The van der Waals surface area contributed by atoms with Crippen molar-refractivity contribution in [1.29, 1.82) is 0 Å². The standard InChI is InChI=1S/C8H16ClNS/c1-2-7-11-8-3-5-10(9)6-4-8/h8H,2-7H2,1H3. The van der Waals surface area contributed by atoms with E-state index in [-0.39, 0.29) is 0 Å². The van der Waals surface area contributed by atoms with E-state index in [0.717, 1.165) is 18.3 Å². The van der Waals surface area contributed by atoms with Gasteiger partial charge < -0.3 is 0 Å². The third-order valence-electron chi connectivity index (χ3n) is 1.95. The molecule has 11 heavy (non-hydrogen) atoms. The van der Waals surface area contributed by atoms with Crippen LogP contribution in [0.2, 0.25) is 0 Å². The van der Waals surface area contributed by atoms with E-state index in [9.17, 15) is 0 Å². The fourth-order valence-corrected chi connectivity index (χ4v) is 2.58. The first-order valence-corrected chi connectivity index (χ1v) is 5.74. The molecule has 1 saturated heterocycles. The summed E-state index contributed by atoms with van der Waals surface area (Å²) in [6.45, 7) is 4.38. The molecule has 0 unspecified atom stereocenters. The highest BCUT2D eigenvalue weighted by Gasteiger charge is 2.17. The number of nitrogens with zero attached hydrogens (tertiary/aromatic N) is 1. The lowest BCUT2D eigenvalue weighted by molar-refractivity contribution is 0.376. The van der Waals surface area contributed by atoms with Crippen LogP contribution in [0.4, 0.5) is 0 Å². The molecule has 1 aliphatic rings. The summed E-state index contributed by atoms with van der Waals surface area (Å²) in [7, 11) is 0. The van der Waals surface area contributed by atoms with Crippen LogP contribution in [0.15, 0.2) is 0 Å². The van der Waals surface area contributed by atoms with Crippen molar-refractivity contribution in [2.24, 2.45) is 0 Å². The summed E-state index contributed by atoms with van der Waals surface area (Å²) >= 11 is 7.95. The number of hydrogen-bond acceptors (Lipinski definition) is 2. The van der Waals surface area contributed by atoms with E-state index in [0.29, 0.717) is 0 Å². The maximum Gasteiger partial charge on any atom is 0.0149 e. The van der Waals surface area contributed by atoms with E-state index in [1.807, 2.05) is 4.42 Å². The van der Waals surface area contributed by atoms with Crippen LogP contribution in [0, 0.1) is 0 Å². The molecular weight excluding hydrogens is 178 g/mol. The van der Waals surface area contributed by atoms with Crippen molar-refractivity contribution in [1.82, 2.24) is 4.42 Å². The van der Waals surface area contributed by atoms with Gasteiger partial charge in [-0.2, -0.15) is 11.8 Å². The Morgan fingerprint density at radius 1 is 1.45 bits per heavy atom. The first-order valence-electron chi connectivity index (χ1n) is 4.35. The highest BCUT2D eigenvalue weighted by molar-refractivity contribution is 7.99. The third kappa shape index (κ3) is 3.68. The second-order valence-electron chi connectivity index (χ2n) is 2.98. The summed E-state index contributed by atoms with van der Waals surface area (Å²) < 4.78 is 1.91. The van der Waals surface area contributed by atoms with E-state index in [4.69, 9.17) is 11.8 Å². The predicted molar refractivity (Wildman–Crippen MR) is 53.2 cm³/mol. The van der Waals surface area contributed by atoms with Gasteiger partial charge in [-0.1, -0.05) is 6.92 Å². The molecule has 0 aromatic rings. The molecule has 1 aliphatic heterocycles. The minimum absolute atomic E-state index is 0.880. The lowest BCUT2D eigenvalue weighted by atomic mass is 10.2. The summed E-state index contributed by atoms with van der Waals surface area (Å²) in [6, 6.07) is 0. The summed E-state index contributed by atoms with van der Waals surface area (Å²) in [6.07, 6.45) is 3.84. The summed E-state index contributed by atoms with van der Waals surface area (Å²) in [4.78, 5) is 0. The van der Waals surface area contributed by atoms with Gasteiger partial charge in [0.15, 0.2) is 0 Å². The average molecular weight is 194 g/mol. The van der Waals surface area contributed by atoms with E-state index in [1.165, 1.54) is 25.0 Å². The predicted octanol–water partition coefficient (Wildman–Crippen LogP) is 2.75. The zero-order valence-corrected chi connectivity index (χ0v) is 8.63. The van der Waals surface area contributed by atoms with Crippen LogP contribution < -0.4 is 0 Å². The molecule has 0 spiro atoms. The maximum absolute atomic E-state index is 5.84. The van der Waals surface area contributed by atoms with Crippen molar-refractivity contribution in [3.05, 3.63) is 0 Å². The van der Waals surface area contributed by atoms with Gasteiger partial charge in [0, 0.05) is 18.3 Å². The number of rotatable bonds is 3. The van der Waals surface area contributed by atoms with Gasteiger partial charge in [0.2, 0.25) is 0 Å². The second-order valence-corrected chi connectivity index (χ2v) is 4.87. The quantitative estimate of drug-likeness (QED) is 0.635. The van der Waals surface area contributed by atoms with Crippen molar-refractivity contribution < 1.29 is 0 Å². The molecule has 1 rings (SSSR count). The molecule has 0 atom stereocenters. The lowest BCUT2D eigenvalue weighted by Gasteiger charge is -2.26. The molecule has 1 fully saturated rings. The third-order valence-corrected chi connectivity index (χ3v) is 3.87. The maximum atomic E-state index is 5.84. The van der Waals surface area contributed by atoms with Crippen LogP contribution in [0.3, 0.4) is 0 Å². The lowest BCUT2D eigenvalue weighted by Crippen LogP contribution is -2.27. The van der Waals surface area contributed by atoms with Crippen LogP contribution in [-0.2, 0) is 0 Å². The van der Waals surface area contributed by atoms with Crippen LogP contribution in [-0.4, -0.2) is 28.5 Å². The van der Waals surface area contributed by atoms with Crippen molar-refractivity contribution in [3.63, 3.8) is 0 Å². The zero-order valence-electron chi connectivity index (χ0n) is 7.05. The van der Waals surface area contributed by atoms with Crippen LogP contribution in [0.1, 0.15) is 26.2 Å². The first kappa shape index (κ1) is 9.69. The smallest absolute Gasteiger partial charge is 0.0149 e. The van der Waals surface area contributed by atoms with Crippen molar-refractivity contribution in [3.8, 4) is 0 Å². The normalized spacial score (nSPS) is 22.4. The van der Waals surface area contributed by atoms with Gasteiger partial charge in [0.1, 0.15) is 0 Å². The van der Waals surface area contributed by atoms with Gasteiger partial charge in [-0.15, -0.1) is 0 Å². The minimum atomic E-state index is 0.880.